The smallest absolute Gasteiger partial charge is 2.00 e. The van der Waals surface area contributed by atoms with Crippen LogP contribution in [0.4, 0.5) is 0 Å². The van der Waals surface area contributed by atoms with Crippen LogP contribution in [0, 0.1) is 0 Å². The van der Waals surface area contributed by atoms with Crippen LogP contribution in [0.5, 0.6) is 0 Å². The van der Waals surface area contributed by atoms with E-state index in [1.54, 1.807) is 0 Å². The molecule has 0 heterocycles. The molecule has 0 N–H and O–H groups in total. The third kappa shape index (κ3) is 348. The second kappa shape index (κ2) is 449. The number of rotatable bonds is 0. The molecule has 0 radical (unpaired) electrons. The van der Waals surface area contributed by atoms with Crippen molar-refractivity contribution in [1.82, 2.24) is 0 Å². The zero-order valence-corrected chi connectivity index (χ0v) is 10.8. The molecule has 0 saturated carbocycles. The van der Waals surface area contributed by atoms with Crippen molar-refractivity contribution in [2.45, 2.75) is 0 Å². The van der Waals surface area contributed by atoms with Crippen LogP contribution in [-0.4, -0.2) is 0 Å². The quantitative estimate of drug-likeness (QED) is 0.417. The van der Waals surface area contributed by atoms with E-state index >= 15 is 0 Å². The zero-order valence-electron chi connectivity index (χ0n) is 4.73. The molecule has 0 unspecified atom stereocenters. The van der Waals surface area contributed by atoms with Crippen molar-refractivity contribution in [3.63, 3.8) is 0 Å². The van der Waals surface area contributed by atoms with Gasteiger partial charge in [-0.15, -0.1) is 0 Å². The Hall–Kier alpha value is 2.06. The van der Waals surface area contributed by atoms with Crippen LogP contribution in [0.1, 0.15) is 0 Å². The summed E-state index contributed by atoms with van der Waals surface area (Å²) in [5, 5.41) is 0. The summed E-state index contributed by atoms with van der Waals surface area (Å²) >= 11 is 0. The Bertz CT molecular complexity index is 17.0. The Kier molecular flexibility index (Phi) is 21200. The van der Waals surface area contributed by atoms with Crippen molar-refractivity contribution in [1.29, 1.82) is 0 Å². The molecule has 90 valence electrons. The van der Waals surface area contributed by atoms with Gasteiger partial charge in [-0.05, 0) is 0 Å². The second-order valence-electron chi connectivity index (χ2n) is 0. The summed E-state index contributed by atoms with van der Waals surface area (Å²) in [6, 6.07) is 0. The summed E-state index contributed by atoms with van der Waals surface area (Å²) < 4.78 is 0. The molecule has 0 amide bonds. The molecular formula is CoMo2NiO8-11. The maximum absolute atomic E-state index is 0. The Morgan fingerprint density at radius 3 is 0.333 bits per heavy atom. The van der Waals surface area contributed by atoms with E-state index in [4.69, 9.17) is 0 Å². The van der Waals surface area contributed by atoms with Gasteiger partial charge in [0.15, 0.2) is 0 Å². The van der Waals surface area contributed by atoms with Gasteiger partial charge in [0, 0.05) is 42.1 Å². The molecule has 12 heteroatoms. The van der Waals surface area contributed by atoms with Gasteiger partial charge in [0.2, 0.25) is 0 Å². The summed E-state index contributed by atoms with van der Waals surface area (Å²) in [6.45, 7) is 0. The first-order valence-corrected chi connectivity index (χ1v) is 0. The van der Waals surface area contributed by atoms with Crippen molar-refractivity contribution in [3.8, 4) is 0 Å². The molecule has 0 saturated heterocycles. The van der Waals surface area contributed by atoms with Gasteiger partial charge in [0.1, 0.15) is 0 Å². The van der Waals surface area contributed by atoms with Crippen molar-refractivity contribution in [2.75, 3.05) is 0 Å². The zero-order chi connectivity index (χ0) is 0. The van der Waals surface area contributed by atoms with Crippen molar-refractivity contribution < 1.29 is 119 Å². The molecule has 0 aliphatic rings. The van der Waals surface area contributed by atoms with Crippen LogP contribution >= 0.6 is 0 Å². The van der Waals surface area contributed by atoms with Gasteiger partial charge >= 0.3 is 33.3 Å². The maximum Gasteiger partial charge on any atom is 3.00 e. The average molecular weight is 437 g/mol. The van der Waals surface area contributed by atoms with E-state index in [-0.39, 0.29) is 119 Å². The first-order valence-electron chi connectivity index (χ1n) is 0. The van der Waals surface area contributed by atoms with Crippen LogP contribution in [0.25, 0.3) is 0 Å². The minimum absolute atomic E-state index is 0. The topological polar surface area (TPSA) is 228 Å². The summed E-state index contributed by atoms with van der Waals surface area (Å²) in [5.41, 5.74) is 0. The molecule has 8 nitrogen and oxygen atoms in total. The van der Waals surface area contributed by atoms with E-state index < -0.39 is 0 Å². The first kappa shape index (κ1) is 567. The molecule has 0 fully saturated rings. The Morgan fingerprint density at radius 1 is 0.333 bits per heavy atom. The predicted molar refractivity (Wildman–Crippen MR) is 5.49 cm³/mol. The third-order valence-electron chi connectivity index (χ3n) is 0. The van der Waals surface area contributed by atoms with E-state index in [2.05, 4.69) is 0 Å². The minimum atomic E-state index is 0. The van der Waals surface area contributed by atoms with Crippen LogP contribution in [-0.2, 0) is 119 Å². The van der Waals surface area contributed by atoms with Crippen LogP contribution in [0.3, 0.4) is 0 Å². The molecule has 0 aliphatic carbocycles. The summed E-state index contributed by atoms with van der Waals surface area (Å²) in [7, 11) is 0. The van der Waals surface area contributed by atoms with Crippen molar-refractivity contribution in [2.24, 2.45) is 0 Å². The van der Waals surface area contributed by atoms with Gasteiger partial charge in [-0.25, -0.2) is 0 Å². The van der Waals surface area contributed by atoms with E-state index in [1.807, 2.05) is 0 Å². The molecule has 0 aliphatic heterocycles. The van der Waals surface area contributed by atoms with Crippen LogP contribution in [0.15, 0.2) is 0 Å². The molecule has 0 atom stereocenters. The van der Waals surface area contributed by atoms with Crippen molar-refractivity contribution >= 4 is 0 Å². The minimum Gasteiger partial charge on any atom is -2.00 e. The van der Waals surface area contributed by atoms with Crippen molar-refractivity contribution in [3.05, 3.63) is 0 Å². The Balaban J connectivity index is 0. The number of hydrogen-bond donors (Lipinski definition) is 0. The van der Waals surface area contributed by atoms with Gasteiger partial charge in [-0.2, -0.15) is 0 Å². The third-order valence-corrected chi connectivity index (χ3v) is 0. The molecule has 0 rings (SSSR count). The molecule has 0 spiro atoms. The first-order chi connectivity index (χ1) is 0. The normalized spacial score (nSPS) is 0. The Labute approximate surface area is 118 Å². The average Bonchev–Trinajstić information content (AvgIpc) is 0. The standard InChI is InChI=1S/Co.2Mo.Ni.8O/q+3;;;+2;8*-2. The molecule has 0 bridgehead atoms. The van der Waals surface area contributed by atoms with E-state index in [9.17, 15) is 0 Å². The fourth-order valence-corrected chi connectivity index (χ4v) is 0. The molecule has 12 heavy (non-hydrogen) atoms. The summed E-state index contributed by atoms with van der Waals surface area (Å²) in [6.07, 6.45) is 0. The monoisotopic (exact) mass is 441 g/mol. The van der Waals surface area contributed by atoms with E-state index in [1.165, 1.54) is 0 Å². The fourth-order valence-electron chi connectivity index (χ4n) is 0. The van der Waals surface area contributed by atoms with Gasteiger partial charge in [0.25, 0.3) is 0 Å². The SMILES string of the molecule is [Co+3].[Mo].[Mo].[Ni+2].[O-2].[O-2].[O-2].[O-2].[O-2].[O-2].[O-2].[O-2]. The van der Waals surface area contributed by atoms with Crippen LogP contribution in [0.2, 0.25) is 0 Å². The predicted octanol–water partition coefficient (Wildman–Crippen LogP) is -0.960. The van der Waals surface area contributed by atoms with Crippen LogP contribution < -0.4 is 0 Å². The largest absolute Gasteiger partial charge is 3.00 e. The van der Waals surface area contributed by atoms with E-state index in [0.717, 1.165) is 0 Å². The second-order valence-corrected chi connectivity index (χ2v) is 0. The Morgan fingerprint density at radius 2 is 0.333 bits per heavy atom. The maximum atomic E-state index is 0. The van der Waals surface area contributed by atoms with E-state index in [0.29, 0.717) is 0 Å². The van der Waals surface area contributed by atoms with Gasteiger partial charge < -0.3 is 43.8 Å². The van der Waals surface area contributed by atoms with Gasteiger partial charge in [-0.1, -0.05) is 0 Å². The van der Waals surface area contributed by atoms with Gasteiger partial charge in [-0.3, -0.25) is 0 Å². The fraction of sp³-hybridized carbons (Fsp3) is 0. The number of hydrogen-bond acceptors (Lipinski definition) is 0. The molecule has 0 aromatic heterocycles. The molecular weight excluding hydrogens is 437 g/mol. The van der Waals surface area contributed by atoms with Gasteiger partial charge in [0.05, 0.1) is 0 Å². The molecule has 0 aromatic carbocycles. The molecule has 0 aromatic rings. The summed E-state index contributed by atoms with van der Waals surface area (Å²) in [4.78, 5) is 0. The summed E-state index contributed by atoms with van der Waals surface area (Å²) in [5.74, 6) is 0.